The molecule has 2 rings (SSSR count). The average molecular weight is 222 g/mol. The Morgan fingerprint density at radius 3 is 2.56 bits per heavy atom. The molecule has 3 heteroatoms. The van der Waals surface area contributed by atoms with Crippen LogP contribution < -0.4 is 5.73 Å². The second-order valence-electron chi connectivity index (χ2n) is 4.96. The number of likely N-dealkylation sites (tertiary alicyclic amines) is 1. The van der Waals surface area contributed by atoms with Gasteiger partial charge < -0.3 is 5.73 Å². The molecule has 2 nitrogen and oxygen atoms in total. The Morgan fingerprint density at radius 1 is 1.31 bits per heavy atom. The van der Waals surface area contributed by atoms with Crippen LogP contribution in [0.15, 0.2) is 18.2 Å². The van der Waals surface area contributed by atoms with Crippen molar-refractivity contribution in [1.29, 1.82) is 0 Å². The third-order valence-corrected chi connectivity index (χ3v) is 3.60. The molecule has 2 unspecified atom stereocenters. The first-order valence-electron chi connectivity index (χ1n) is 5.83. The van der Waals surface area contributed by atoms with Crippen LogP contribution >= 0.6 is 0 Å². The van der Waals surface area contributed by atoms with Crippen molar-refractivity contribution in [3.63, 3.8) is 0 Å². The normalized spacial score (nSPS) is 26.2. The van der Waals surface area contributed by atoms with Gasteiger partial charge in [0, 0.05) is 19.6 Å². The molecule has 2 atom stereocenters. The molecular formula is C13H19FN2. The number of nitrogens with zero attached hydrogens (tertiary/aromatic N) is 1. The Hall–Kier alpha value is -1.09. The van der Waals surface area contributed by atoms with Gasteiger partial charge in [-0.25, -0.2) is 4.39 Å². The molecule has 16 heavy (non-hydrogen) atoms. The predicted octanol–water partition coefficient (Wildman–Crippen LogP) is 2.50. The van der Waals surface area contributed by atoms with Crippen LogP contribution in [-0.2, 0) is 6.54 Å². The van der Waals surface area contributed by atoms with Crippen LogP contribution in [0.25, 0.3) is 0 Å². The van der Waals surface area contributed by atoms with E-state index < -0.39 is 0 Å². The number of nitrogen functional groups attached to an aromatic ring is 1. The fraction of sp³-hybridized carbons (Fsp3) is 0.538. The molecular weight excluding hydrogens is 203 g/mol. The second-order valence-corrected chi connectivity index (χ2v) is 4.96. The highest BCUT2D eigenvalue weighted by Gasteiger charge is 2.26. The van der Waals surface area contributed by atoms with E-state index in [2.05, 4.69) is 18.7 Å². The average Bonchev–Trinajstić information content (AvgIpc) is 2.54. The lowest BCUT2D eigenvalue weighted by atomic mass is 10.0. The van der Waals surface area contributed by atoms with Gasteiger partial charge in [0.1, 0.15) is 5.82 Å². The van der Waals surface area contributed by atoms with E-state index in [0.29, 0.717) is 5.69 Å². The maximum absolute atomic E-state index is 13.3. The van der Waals surface area contributed by atoms with Crippen LogP contribution in [-0.4, -0.2) is 18.0 Å². The minimum absolute atomic E-state index is 0.301. The summed E-state index contributed by atoms with van der Waals surface area (Å²) in [6, 6.07) is 5.05. The lowest BCUT2D eigenvalue weighted by Gasteiger charge is -2.16. The smallest absolute Gasteiger partial charge is 0.146 e. The molecule has 88 valence electrons. The van der Waals surface area contributed by atoms with E-state index in [4.69, 9.17) is 5.73 Å². The molecule has 0 bridgehead atoms. The lowest BCUT2D eigenvalue weighted by Crippen LogP contribution is -2.21. The van der Waals surface area contributed by atoms with E-state index in [0.717, 1.165) is 37.0 Å². The minimum Gasteiger partial charge on any atom is -0.396 e. The molecule has 1 saturated heterocycles. The molecule has 0 amide bonds. The Morgan fingerprint density at radius 2 is 1.94 bits per heavy atom. The quantitative estimate of drug-likeness (QED) is 0.779. The van der Waals surface area contributed by atoms with Gasteiger partial charge in [-0.1, -0.05) is 26.0 Å². The number of rotatable bonds is 2. The van der Waals surface area contributed by atoms with E-state index in [1.54, 1.807) is 6.07 Å². The molecule has 1 aromatic carbocycles. The zero-order chi connectivity index (χ0) is 11.7. The van der Waals surface area contributed by atoms with Crippen LogP contribution in [0.3, 0.4) is 0 Å². The summed E-state index contributed by atoms with van der Waals surface area (Å²) in [6.45, 7) is 7.45. The molecule has 0 saturated carbocycles. The number of nitrogens with two attached hydrogens (primary N) is 1. The topological polar surface area (TPSA) is 29.3 Å². The monoisotopic (exact) mass is 222 g/mol. The summed E-state index contributed by atoms with van der Waals surface area (Å²) >= 11 is 0. The fourth-order valence-electron chi connectivity index (χ4n) is 2.34. The molecule has 1 aliphatic heterocycles. The largest absolute Gasteiger partial charge is 0.396 e. The summed E-state index contributed by atoms with van der Waals surface area (Å²) in [7, 11) is 0. The highest BCUT2D eigenvalue weighted by atomic mass is 19.1. The van der Waals surface area contributed by atoms with E-state index in [-0.39, 0.29) is 5.82 Å². The molecule has 1 aromatic rings. The van der Waals surface area contributed by atoms with Gasteiger partial charge in [0.15, 0.2) is 0 Å². The minimum atomic E-state index is -0.308. The third kappa shape index (κ3) is 2.19. The van der Waals surface area contributed by atoms with Crippen LogP contribution in [0.1, 0.15) is 19.4 Å². The summed E-state index contributed by atoms with van der Waals surface area (Å²) in [4.78, 5) is 2.35. The SMILES string of the molecule is CC1CN(Cc2cccc(F)c2N)CC1C. The molecule has 1 fully saturated rings. The van der Waals surface area contributed by atoms with E-state index >= 15 is 0 Å². The van der Waals surface area contributed by atoms with Gasteiger partial charge >= 0.3 is 0 Å². The van der Waals surface area contributed by atoms with Gasteiger partial charge in [-0.05, 0) is 23.5 Å². The second kappa shape index (κ2) is 4.42. The summed E-state index contributed by atoms with van der Waals surface area (Å²) < 4.78 is 13.3. The molecule has 1 aliphatic rings. The predicted molar refractivity (Wildman–Crippen MR) is 64.4 cm³/mol. The van der Waals surface area contributed by atoms with Crippen LogP contribution in [0.2, 0.25) is 0 Å². The van der Waals surface area contributed by atoms with Crippen molar-refractivity contribution >= 4 is 5.69 Å². The number of hydrogen-bond acceptors (Lipinski definition) is 2. The number of benzene rings is 1. The van der Waals surface area contributed by atoms with Gasteiger partial charge in [0.2, 0.25) is 0 Å². The van der Waals surface area contributed by atoms with Crippen LogP contribution in [0.5, 0.6) is 0 Å². The van der Waals surface area contributed by atoms with Crippen molar-refractivity contribution in [2.24, 2.45) is 11.8 Å². The maximum Gasteiger partial charge on any atom is 0.146 e. The lowest BCUT2D eigenvalue weighted by molar-refractivity contribution is 0.316. The Bertz CT molecular complexity index is 368. The molecule has 2 N–H and O–H groups in total. The van der Waals surface area contributed by atoms with Crippen molar-refractivity contribution in [1.82, 2.24) is 4.90 Å². The standard InChI is InChI=1S/C13H19FN2/c1-9-6-16(7-10(9)2)8-11-4-3-5-12(14)13(11)15/h3-5,9-10H,6-8,15H2,1-2H3. The summed E-state index contributed by atoms with van der Waals surface area (Å²) in [5, 5.41) is 0. The van der Waals surface area contributed by atoms with Gasteiger partial charge in [0.25, 0.3) is 0 Å². The number of hydrogen-bond donors (Lipinski definition) is 1. The van der Waals surface area contributed by atoms with Crippen molar-refractivity contribution < 1.29 is 4.39 Å². The fourth-order valence-corrected chi connectivity index (χ4v) is 2.34. The van der Waals surface area contributed by atoms with E-state index in [9.17, 15) is 4.39 Å². The van der Waals surface area contributed by atoms with Crippen molar-refractivity contribution in [3.8, 4) is 0 Å². The van der Waals surface area contributed by atoms with Crippen molar-refractivity contribution in [2.75, 3.05) is 18.8 Å². The van der Waals surface area contributed by atoms with Gasteiger partial charge in [-0.15, -0.1) is 0 Å². The summed E-state index contributed by atoms with van der Waals surface area (Å²) in [5.74, 6) is 1.13. The third-order valence-electron chi connectivity index (χ3n) is 3.60. The number of para-hydroxylation sites is 1. The maximum atomic E-state index is 13.3. The van der Waals surface area contributed by atoms with Crippen LogP contribution in [0.4, 0.5) is 10.1 Å². The highest BCUT2D eigenvalue weighted by molar-refractivity contribution is 5.47. The van der Waals surface area contributed by atoms with Gasteiger partial charge in [-0.3, -0.25) is 4.90 Å². The Kier molecular flexibility index (Phi) is 3.15. The van der Waals surface area contributed by atoms with Crippen LogP contribution in [0, 0.1) is 17.7 Å². The first-order valence-corrected chi connectivity index (χ1v) is 5.83. The molecule has 1 heterocycles. The van der Waals surface area contributed by atoms with E-state index in [1.165, 1.54) is 6.07 Å². The zero-order valence-corrected chi connectivity index (χ0v) is 9.91. The summed E-state index contributed by atoms with van der Waals surface area (Å²) in [6.07, 6.45) is 0. The molecule has 0 aromatic heterocycles. The summed E-state index contributed by atoms with van der Waals surface area (Å²) in [5.41, 5.74) is 6.93. The van der Waals surface area contributed by atoms with Crippen molar-refractivity contribution in [3.05, 3.63) is 29.6 Å². The van der Waals surface area contributed by atoms with Gasteiger partial charge in [0.05, 0.1) is 5.69 Å². The van der Waals surface area contributed by atoms with E-state index in [1.807, 2.05) is 6.07 Å². The number of halogens is 1. The Labute approximate surface area is 96.2 Å². The van der Waals surface area contributed by atoms with Crippen molar-refractivity contribution in [2.45, 2.75) is 20.4 Å². The van der Waals surface area contributed by atoms with Gasteiger partial charge in [-0.2, -0.15) is 0 Å². The first-order chi connectivity index (χ1) is 7.58. The molecule has 0 aliphatic carbocycles. The number of anilines is 1. The highest BCUT2D eigenvalue weighted by Crippen LogP contribution is 2.25. The Balaban J connectivity index is 2.08. The molecule has 0 radical (unpaired) electrons. The first kappa shape index (κ1) is 11.4. The molecule has 0 spiro atoms. The zero-order valence-electron chi connectivity index (χ0n) is 9.91.